The predicted octanol–water partition coefficient (Wildman–Crippen LogP) is 3.42. The van der Waals surface area contributed by atoms with Crippen LogP contribution in [-0.4, -0.2) is 11.0 Å². The largest absolute Gasteiger partial charge is 0.392 e. The average Bonchev–Trinajstić information content (AvgIpc) is 2.44. The summed E-state index contributed by atoms with van der Waals surface area (Å²) in [7, 11) is 0. The van der Waals surface area contributed by atoms with Crippen LogP contribution in [0.25, 0.3) is 0 Å². The molecule has 5 heteroatoms. The first-order chi connectivity index (χ1) is 9.58. The first kappa shape index (κ1) is 14.9. The van der Waals surface area contributed by atoms with E-state index in [4.69, 9.17) is 28.3 Å². The first-order valence-corrected chi connectivity index (χ1v) is 6.77. The molecule has 0 radical (unpaired) electrons. The molecule has 0 aliphatic carbocycles. The van der Waals surface area contributed by atoms with Crippen LogP contribution in [0, 0.1) is 0 Å². The molecule has 0 heterocycles. The van der Waals surface area contributed by atoms with Crippen molar-refractivity contribution in [1.82, 2.24) is 5.32 Å². The quantitative estimate of drug-likeness (QED) is 0.909. The van der Waals surface area contributed by atoms with E-state index < -0.39 is 0 Å². The highest BCUT2D eigenvalue weighted by Crippen LogP contribution is 2.19. The molecule has 0 aliphatic heterocycles. The molecule has 2 aromatic carbocycles. The fraction of sp³-hybridized carbons (Fsp3) is 0.133. The van der Waals surface area contributed by atoms with Crippen LogP contribution < -0.4 is 5.32 Å². The first-order valence-electron chi connectivity index (χ1n) is 6.01. The molecule has 20 heavy (non-hydrogen) atoms. The number of benzene rings is 2. The van der Waals surface area contributed by atoms with Crippen LogP contribution in [0.3, 0.4) is 0 Å². The lowest BCUT2D eigenvalue weighted by atomic mass is 10.1. The zero-order chi connectivity index (χ0) is 14.5. The Bertz CT molecular complexity index is 592. The molecular formula is C15H13Cl2NO2. The normalized spacial score (nSPS) is 10.3. The van der Waals surface area contributed by atoms with Crippen molar-refractivity contribution in [2.45, 2.75) is 13.2 Å². The predicted molar refractivity (Wildman–Crippen MR) is 80.0 cm³/mol. The maximum Gasteiger partial charge on any atom is 0.251 e. The Labute approximate surface area is 127 Å². The summed E-state index contributed by atoms with van der Waals surface area (Å²) in [5, 5.41) is 12.6. The molecule has 104 valence electrons. The van der Waals surface area contributed by atoms with Gasteiger partial charge in [-0.05, 0) is 29.3 Å². The Kier molecular flexibility index (Phi) is 5.01. The number of aliphatic hydroxyl groups is 1. The third kappa shape index (κ3) is 3.97. The average molecular weight is 310 g/mol. The Morgan fingerprint density at radius 3 is 2.10 bits per heavy atom. The molecule has 0 atom stereocenters. The van der Waals surface area contributed by atoms with Crippen molar-refractivity contribution in [1.29, 1.82) is 0 Å². The minimum absolute atomic E-state index is 0.00759. The zero-order valence-corrected chi connectivity index (χ0v) is 12.1. The standard InChI is InChI=1S/C15H13Cl2NO2/c16-13-5-12(6-14(17)7-13)15(20)18-8-10-1-3-11(9-19)4-2-10/h1-7,19H,8-9H2,(H,18,20). The number of rotatable bonds is 4. The Balaban J connectivity index is 2.00. The number of aliphatic hydroxyl groups excluding tert-OH is 1. The number of carbonyl (C=O) groups is 1. The zero-order valence-electron chi connectivity index (χ0n) is 10.6. The molecule has 0 saturated carbocycles. The molecule has 2 N–H and O–H groups in total. The summed E-state index contributed by atoms with van der Waals surface area (Å²) in [6.07, 6.45) is 0. The minimum atomic E-state index is -0.236. The number of nitrogens with one attached hydrogen (secondary N) is 1. The third-order valence-electron chi connectivity index (χ3n) is 2.78. The molecule has 1 amide bonds. The van der Waals surface area contributed by atoms with E-state index in [0.717, 1.165) is 11.1 Å². The van der Waals surface area contributed by atoms with Crippen molar-refractivity contribution in [3.8, 4) is 0 Å². The van der Waals surface area contributed by atoms with Gasteiger partial charge in [-0.3, -0.25) is 4.79 Å². The second kappa shape index (κ2) is 6.75. The molecule has 0 saturated heterocycles. The lowest BCUT2D eigenvalue weighted by Crippen LogP contribution is -2.22. The molecule has 0 aromatic heterocycles. The topological polar surface area (TPSA) is 49.3 Å². The number of carbonyl (C=O) groups excluding carboxylic acids is 1. The Morgan fingerprint density at radius 2 is 1.55 bits per heavy atom. The van der Waals surface area contributed by atoms with Gasteiger partial charge in [0.15, 0.2) is 0 Å². The van der Waals surface area contributed by atoms with E-state index in [0.29, 0.717) is 22.2 Å². The Hall–Kier alpha value is -1.55. The summed E-state index contributed by atoms with van der Waals surface area (Å²) in [4.78, 5) is 12.0. The van der Waals surface area contributed by atoms with Gasteiger partial charge in [-0.25, -0.2) is 0 Å². The van der Waals surface area contributed by atoms with Gasteiger partial charge < -0.3 is 10.4 Å². The summed E-state index contributed by atoms with van der Waals surface area (Å²) in [6.45, 7) is 0.405. The maximum absolute atomic E-state index is 12.0. The molecule has 2 aromatic rings. The molecule has 3 nitrogen and oxygen atoms in total. The smallest absolute Gasteiger partial charge is 0.251 e. The monoisotopic (exact) mass is 309 g/mol. The fourth-order valence-electron chi connectivity index (χ4n) is 1.73. The van der Waals surface area contributed by atoms with Gasteiger partial charge >= 0.3 is 0 Å². The van der Waals surface area contributed by atoms with Crippen molar-refractivity contribution < 1.29 is 9.90 Å². The van der Waals surface area contributed by atoms with E-state index in [1.807, 2.05) is 24.3 Å². The lowest BCUT2D eigenvalue weighted by molar-refractivity contribution is 0.0951. The molecule has 0 spiro atoms. The molecule has 0 unspecified atom stereocenters. The number of hydrogen-bond acceptors (Lipinski definition) is 2. The summed E-state index contributed by atoms with van der Waals surface area (Å²) in [5.41, 5.74) is 2.21. The van der Waals surface area contributed by atoms with E-state index >= 15 is 0 Å². The van der Waals surface area contributed by atoms with Crippen LogP contribution in [-0.2, 0) is 13.2 Å². The van der Waals surface area contributed by atoms with Crippen LogP contribution in [0.5, 0.6) is 0 Å². The lowest BCUT2D eigenvalue weighted by Gasteiger charge is -2.07. The van der Waals surface area contributed by atoms with Crippen LogP contribution >= 0.6 is 23.2 Å². The molecule has 2 rings (SSSR count). The molecular weight excluding hydrogens is 297 g/mol. The van der Waals surface area contributed by atoms with Gasteiger partial charge in [0.1, 0.15) is 0 Å². The summed E-state index contributed by atoms with van der Waals surface area (Å²) in [5.74, 6) is -0.236. The second-order valence-corrected chi connectivity index (χ2v) is 5.19. The highest BCUT2D eigenvalue weighted by molar-refractivity contribution is 6.35. The highest BCUT2D eigenvalue weighted by atomic mass is 35.5. The van der Waals surface area contributed by atoms with E-state index in [9.17, 15) is 4.79 Å². The van der Waals surface area contributed by atoms with E-state index in [1.54, 1.807) is 18.2 Å². The maximum atomic E-state index is 12.0. The minimum Gasteiger partial charge on any atom is -0.392 e. The Morgan fingerprint density at radius 1 is 1.00 bits per heavy atom. The number of hydrogen-bond donors (Lipinski definition) is 2. The number of halogens is 2. The van der Waals surface area contributed by atoms with E-state index in [1.165, 1.54) is 0 Å². The van der Waals surface area contributed by atoms with Crippen LogP contribution in [0.2, 0.25) is 10.0 Å². The van der Waals surface area contributed by atoms with Crippen molar-refractivity contribution in [3.63, 3.8) is 0 Å². The van der Waals surface area contributed by atoms with Gasteiger partial charge in [0, 0.05) is 22.2 Å². The SMILES string of the molecule is O=C(NCc1ccc(CO)cc1)c1cc(Cl)cc(Cl)c1. The van der Waals surface area contributed by atoms with Crippen LogP contribution in [0.15, 0.2) is 42.5 Å². The molecule has 0 fully saturated rings. The van der Waals surface area contributed by atoms with Crippen molar-refractivity contribution in [3.05, 3.63) is 69.2 Å². The van der Waals surface area contributed by atoms with Gasteiger partial charge in [0.25, 0.3) is 5.91 Å². The fourth-order valence-corrected chi connectivity index (χ4v) is 2.26. The van der Waals surface area contributed by atoms with Gasteiger partial charge in [0.2, 0.25) is 0 Å². The van der Waals surface area contributed by atoms with Crippen molar-refractivity contribution >= 4 is 29.1 Å². The second-order valence-electron chi connectivity index (χ2n) is 4.32. The van der Waals surface area contributed by atoms with Gasteiger partial charge in [-0.2, -0.15) is 0 Å². The van der Waals surface area contributed by atoms with Crippen molar-refractivity contribution in [2.24, 2.45) is 0 Å². The summed E-state index contributed by atoms with van der Waals surface area (Å²) >= 11 is 11.7. The van der Waals surface area contributed by atoms with E-state index in [-0.39, 0.29) is 12.5 Å². The number of amides is 1. The summed E-state index contributed by atoms with van der Waals surface area (Å²) in [6, 6.07) is 12.1. The summed E-state index contributed by atoms with van der Waals surface area (Å²) < 4.78 is 0. The van der Waals surface area contributed by atoms with Gasteiger partial charge in [-0.15, -0.1) is 0 Å². The molecule has 0 bridgehead atoms. The van der Waals surface area contributed by atoms with Crippen LogP contribution in [0.1, 0.15) is 21.5 Å². The highest BCUT2D eigenvalue weighted by Gasteiger charge is 2.07. The molecule has 0 aliphatic rings. The van der Waals surface area contributed by atoms with Gasteiger partial charge in [0.05, 0.1) is 6.61 Å². The van der Waals surface area contributed by atoms with Crippen molar-refractivity contribution in [2.75, 3.05) is 0 Å². The van der Waals surface area contributed by atoms with Gasteiger partial charge in [-0.1, -0.05) is 47.5 Å². The van der Waals surface area contributed by atoms with E-state index in [2.05, 4.69) is 5.32 Å². The van der Waals surface area contributed by atoms with Crippen LogP contribution in [0.4, 0.5) is 0 Å². The third-order valence-corrected chi connectivity index (χ3v) is 3.22.